The van der Waals surface area contributed by atoms with E-state index in [4.69, 9.17) is 24.9 Å². The van der Waals surface area contributed by atoms with Crippen LogP contribution in [0.4, 0.5) is 26.3 Å². The molecule has 0 fully saturated rings. The SMILES string of the molecule is FC(F)(F)c1ccc2c3ccc(C(F)(F)F)cc3n(-c3ccc(-c4nc(-c5ccccc5)nc(-c5ccccc5)n4)cc3-c3cc(-c4ccccc4)nc(-c4ccccc4)n3)c2c1. The molecule has 0 spiro atoms. The molecule has 0 saturated carbocycles. The van der Waals surface area contributed by atoms with Crippen LogP contribution in [0.25, 0.3) is 95.6 Å². The molecule has 306 valence electrons. The summed E-state index contributed by atoms with van der Waals surface area (Å²) in [5, 5.41) is 0.661. The highest BCUT2D eigenvalue weighted by atomic mass is 19.4. The summed E-state index contributed by atoms with van der Waals surface area (Å²) in [5.41, 5.74) is 3.08. The molecule has 10 rings (SSSR count). The molecule has 0 N–H and O–H groups in total. The van der Waals surface area contributed by atoms with Crippen molar-refractivity contribution in [2.24, 2.45) is 0 Å². The van der Waals surface area contributed by atoms with Crippen molar-refractivity contribution in [3.05, 3.63) is 193 Å². The molecule has 0 bridgehead atoms. The number of alkyl halides is 6. The second kappa shape index (κ2) is 15.5. The Labute approximate surface area is 355 Å². The molecule has 3 aromatic heterocycles. The van der Waals surface area contributed by atoms with Gasteiger partial charge >= 0.3 is 12.4 Å². The number of hydrogen-bond acceptors (Lipinski definition) is 5. The van der Waals surface area contributed by atoms with Crippen LogP contribution in [0.15, 0.2) is 182 Å². The maximum Gasteiger partial charge on any atom is 0.416 e. The van der Waals surface area contributed by atoms with Crippen molar-refractivity contribution in [1.29, 1.82) is 0 Å². The molecule has 0 unspecified atom stereocenters. The lowest BCUT2D eigenvalue weighted by Gasteiger charge is -2.18. The zero-order valence-corrected chi connectivity index (χ0v) is 32.8. The van der Waals surface area contributed by atoms with Crippen molar-refractivity contribution in [2.75, 3.05) is 0 Å². The minimum absolute atomic E-state index is 0.0478. The minimum atomic E-state index is -4.74. The van der Waals surface area contributed by atoms with Gasteiger partial charge in [0.2, 0.25) is 0 Å². The molecule has 0 saturated heterocycles. The van der Waals surface area contributed by atoms with Gasteiger partial charge in [-0.3, -0.25) is 0 Å². The van der Waals surface area contributed by atoms with E-state index in [9.17, 15) is 26.3 Å². The van der Waals surface area contributed by atoms with Crippen molar-refractivity contribution in [1.82, 2.24) is 29.5 Å². The highest BCUT2D eigenvalue weighted by molar-refractivity contribution is 6.10. The molecule has 7 aromatic carbocycles. The van der Waals surface area contributed by atoms with Crippen LogP contribution in [-0.2, 0) is 12.4 Å². The normalized spacial score (nSPS) is 12.0. The van der Waals surface area contributed by atoms with Crippen molar-refractivity contribution in [2.45, 2.75) is 12.4 Å². The van der Waals surface area contributed by atoms with Gasteiger partial charge in [0.1, 0.15) is 0 Å². The highest BCUT2D eigenvalue weighted by Gasteiger charge is 2.34. The largest absolute Gasteiger partial charge is 0.416 e. The molecule has 0 amide bonds. The lowest BCUT2D eigenvalue weighted by Crippen LogP contribution is -2.07. The summed E-state index contributed by atoms with van der Waals surface area (Å²) in [7, 11) is 0. The van der Waals surface area contributed by atoms with E-state index in [0.717, 1.165) is 41.0 Å². The molecule has 10 aromatic rings. The van der Waals surface area contributed by atoms with Crippen LogP contribution < -0.4 is 0 Å². The molecular weight excluding hydrogens is 811 g/mol. The monoisotopic (exact) mass is 840 g/mol. The third-order valence-corrected chi connectivity index (χ3v) is 10.7. The minimum Gasteiger partial charge on any atom is -0.309 e. The predicted octanol–water partition coefficient (Wildman–Crippen LogP) is 13.8. The number of benzene rings is 7. The van der Waals surface area contributed by atoms with E-state index in [1.165, 1.54) is 16.7 Å². The molecule has 0 radical (unpaired) electrons. The van der Waals surface area contributed by atoms with Crippen molar-refractivity contribution in [3.63, 3.8) is 0 Å². The van der Waals surface area contributed by atoms with Gasteiger partial charge in [0.15, 0.2) is 23.3 Å². The first-order chi connectivity index (χ1) is 30.5. The van der Waals surface area contributed by atoms with Gasteiger partial charge in [-0.2, -0.15) is 26.3 Å². The zero-order valence-electron chi connectivity index (χ0n) is 32.8. The third-order valence-electron chi connectivity index (χ3n) is 10.7. The number of nitrogens with zero attached hydrogens (tertiary/aromatic N) is 6. The van der Waals surface area contributed by atoms with Crippen molar-refractivity contribution in [3.8, 4) is 73.8 Å². The maximum absolute atomic E-state index is 14.4. The van der Waals surface area contributed by atoms with Crippen LogP contribution in [0.3, 0.4) is 0 Å². The summed E-state index contributed by atoms with van der Waals surface area (Å²) in [4.78, 5) is 24.7. The zero-order chi connectivity index (χ0) is 43.3. The van der Waals surface area contributed by atoms with Crippen molar-refractivity contribution >= 4 is 21.8 Å². The molecule has 0 atom stereocenters. The van der Waals surface area contributed by atoms with Gasteiger partial charge in [-0.1, -0.05) is 133 Å². The van der Waals surface area contributed by atoms with Crippen LogP contribution >= 0.6 is 0 Å². The topological polar surface area (TPSA) is 69.4 Å². The van der Waals surface area contributed by atoms with Crippen LogP contribution in [0.5, 0.6) is 0 Å². The van der Waals surface area contributed by atoms with E-state index in [-0.39, 0.29) is 22.5 Å². The smallest absolute Gasteiger partial charge is 0.309 e. The molecule has 12 heteroatoms. The van der Waals surface area contributed by atoms with Crippen molar-refractivity contribution < 1.29 is 26.3 Å². The summed E-state index contributed by atoms with van der Waals surface area (Å²) < 4.78 is 88.1. The fraction of sp³-hybridized carbons (Fsp3) is 0.0392. The van der Waals surface area contributed by atoms with Gasteiger partial charge in [0.05, 0.1) is 39.2 Å². The van der Waals surface area contributed by atoms with Crippen LogP contribution in [0.1, 0.15) is 11.1 Å². The second-order valence-corrected chi connectivity index (χ2v) is 14.8. The molecule has 3 heterocycles. The Balaban J connectivity index is 1.31. The molecule has 0 aliphatic rings. The summed E-state index contributed by atoms with van der Waals surface area (Å²) in [5.74, 6) is 1.41. The van der Waals surface area contributed by atoms with Crippen LogP contribution in [0.2, 0.25) is 0 Å². The number of halogens is 6. The number of aromatic nitrogens is 6. The number of fused-ring (bicyclic) bond motifs is 3. The first-order valence-corrected chi connectivity index (χ1v) is 19.7. The van der Waals surface area contributed by atoms with E-state index in [1.54, 1.807) is 24.3 Å². The molecule has 63 heavy (non-hydrogen) atoms. The first-order valence-electron chi connectivity index (χ1n) is 19.7. The predicted molar refractivity (Wildman–Crippen MR) is 232 cm³/mol. The Morgan fingerprint density at radius 3 is 1.17 bits per heavy atom. The van der Waals surface area contributed by atoms with Gasteiger partial charge in [-0.15, -0.1) is 0 Å². The summed E-state index contributed by atoms with van der Waals surface area (Å²) >= 11 is 0. The Hall–Kier alpha value is -7.99. The lowest BCUT2D eigenvalue weighted by molar-refractivity contribution is -0.138. The number of rotatable bonds is 7. The van der Waals surface area contributed by atoms with E-state index in [0.29, 0.717) is 56.3 Å². The van der Waals surface area contributed by atoms with Crippen LogP contribution in [0, 0.1) is 0 Å². The third kappa shape index (κ3) is 7.56. The van der Waals surface area contributed by atoms with E-state index < -0.39 is 23.5 Å². The average Bonchev–Trinajstić information content (AvgIpc) is 3.64. The Bertz CT molecular complexity index is 3110. The van der Waals surface area contributed by atoms with Gasteiger partial charge in [-0.25, -0.2) is 24.9 Å². The van der Waals surface area contributed by atoms with E-state index in [1.807, 2.05) is 121 Å². The van der Waals surface area contributed by atoms with Crippen LogP contribution in [-0.4, -0.2) is 29.5 Å². The maximum atomic E-state index is 14.4. The summed E-state index contributed by atoms with van der Waals surface area (Å²) in [6, 6.07) is 50.7. The Morgan fingerprint density at radius 2 is 0.730 bits per heavy atom. The lowest BCUT2D eigenvalue weighted by atomic mass is 10.0. The van der Waals surface area contributed by atoms with Gasteiger partial charge in [0, 0.05) is 44.2 Å². The summed E-state index contributed by atoms with van der Waals surface area (Å²) in [6.45, 7) is 0. The fourth-order valence-corrected chi connectivity index (χ4v) is 7.70. The summed E-state index contributed by atoms with van der Waals surface area (Å²) in [6.07, 6.45) is -9.49. The fourth-order valence-electron chi connectivity index (χ4n) is 7.70. The highest BCUT2D eigenvalue weighted by Crippen LogP contribution is 2.43. The van der Waals surface area contributed by atoms with Gasteiger partial charge in [-0.05, 0) is 48.5 Å². The quantitative estimate of drug-likeness (QED) is 0.150. The van der Waals surface area contributed by atoms with Gasteiger partial charge in [0.25, 0.3) is 0 Å². The van der Waals surface area contributed by atoms with E-state index >= 15 is 0 Å². The molecular formula is C51H30F6N6. The Kier molecular flexibility index (Phi) is 9.62. The molecule has 6 nitrogen and oxygen atoms in total. The van der Waals surface area contributed by atoms with E-state index in [2.05, 4.69) is 0 Å². The average molecular weight is 841 g/mol. The van der Waals surface area contributed by atoms with Gasteiger partial charge < -0.3 is 4.57 Å². The second-order valence-electron chi connectivity index (χ2n) is 14.8. The molecule has 0 aliphatic carbocycles. The standard InChI is InChI=1S/C51H30F6N6/c52-50(53,54)36-22-24-38-39-25-23-37(51(55,56)57)29-45(39)63(44(38)28-36)43-26-21-35(49-61-47(33-17-9-3-10-18-33)60-48(62-49)34-19-11-4-12-20-34)27-40(43)42-30-41(31-13-5-1-6-14-31)58-46(59-42)32-15-7-2-8-16-32/h1-30H. The molecule has 0 aliphatic heterocycles. The Morgan fingerprint density at radius 1 is 0.333 bits per heavy atom. The first kappa shape index (κ1) is 39.2. The number of hydrogen-bond donors (Lipinski definition) is 0.